The van der Waals surface area contributed by atoms with Crippen LogP contribution < -0.4 is 5.32 Å². The zero-order chi connectivity index (χ0) is 9.97. The van der Waals surface area contributed by atoms with Crippen LogP contribution in [-0.2, 0) is 4.79 Å². The van der Waals surface area contributed by atoms with Crippen LogP contribution in [0.4, 0.5) is 0 Å². The predicted molar refractivity (Wildman–Crippen MR) is 56.9 cm³/mol. The summed E-state index contributed by atoms with van der Waals surface area (Å²) in [5.74, 6) is 1.37. The van der Waals surface area contributed by atoms with Gasteiger partial charge in [0.15, 0.2) is 0 Å². The fourth-order valence-electron chi connectivity index (χ4n) is 2.85. The average Bonchev–Trinajstić information content (AvgIpc) is 2.77. The molecule has 0 aliphatic heterocycles. The molecule has 2 aliphatic rings. The highest BCUT2D eigenvalue weighted by molar-refractivity contribution is 5.79. The molecule has 0 heterocycles. The summed E-state index contributed by atoms with van der Waals surface area (Å²) in [6.45, 7) is 2.26. The van der Waals surface area contributed by atoms with Crippen molar-refractivity contribution in [3.05, 3.63) is 0 Å². The minimum atomic E-state index is 0.334. The van der Waals surface area contributed by atoms with Gasteiger partial charge in [0.1, 0.15) is 0 Å². The number of hydrogen-bond donors (Lipinski definition) is 1. The standard InChI is InChI=1S/C12H21NO/c1-9-5-4-8-11(9)13-12(14)10-6-2-3-7-10/h9-11H,2-8H2,1H3,(H,13,14). The minimum Gasteiger partial charge on any atom is -0.353 e. The zero-order valence-corrected chi connectivity index (χ0v) is 9.09. The molecule has 2 nitrogen and oxygen atoms in total. The average molecular weight is 195 g/mol. The van der Waals surface area contributed by atoms with Gasteiger partial charge in [0.25, 0.3) is 0 Å². The lowest BCUT2D eigenvalue weighted by atomic mass is 10.0. The van der Waals surface area contributed by atoms with E-state index in [2.05, 4.69) is 12.2 Å². The van der Waals surface area contributed by atoms with Crippen LogP contribution in [0, 0.1) is 11.8 Å². The number of amides is 1. The summed E-state index contributed by atoms with van der Waals surface area (Å²) in [7, 11) is 0. The SMILES string of the molecule is CC1CCCC1NC(=O)C1CCCC1. The molecule has 0 bridgehead atoms. The Hall–Kier alpha value is -0.530. The first-order chi connectivity index (χ1) is 6.77. The third kappa shape index (κ3) is 2.10. The number of rotatable bonds is 2. The van der Waals surface area contributed by atoms with Gasteiger partial charge in [0, 0.05) is 12.0 Å². The van der Waals surface area contributed by atoms with Crippen LogP contribution in [0.15, 0.2) is 0 Å². The van der Waals surface area contributed by atoms with Crippen molar-refractivity contribution in [1.82, 2.24) is 5.32 Å². The highest BCUT2D eigenvalue weighted by Gasteiger charge is 2.28. The largest absolute Gasteiger partial charge is 0.353 e. The Labute approximate surface area is 86.5 Å². The van der Waals surface area contributed by atoms with E-state index in [9.17, 15) is 4.79 Å². The summed E-state index contributed by atoms with van der Waals surface area (Å²) in [6.07, 6.45) is 8.50. The Morgan fingerprint density at radius 2 is 1.79 bits per heavy atom. The highest BCUT2D eigenvalue weighted by Crippen LogP contribution is 2.28. The van der Waals surface area contributed by atoms with Gasteiger partial charge in [0.2, 0.25) is 5.91 Å². The molecule has 1 amide bonds. The maximum Gasteiger partial charge on any atom is 0.223 e. The summed E-state index contributed by atoms with van der Waals surface area (Å²) >= 11 is 0. The first kappa shape index (κ1) is 10.0. The zero-order valence-electron chi connectivity index (χ0n) is 9.09. The van der Waals surface area contributed by atoms with Crippen molar-refractivity contribution in [3.63, 3.8) is 0 Å². The second-order valence-corrected chi connectivity index (χ2v) is 5.00. The Morgan fingerprint density at radius 3 is 2.36 bits per heavy atom. The van der Waals surface area contributed by atoms with E-state index in [0.717, 1.165) is 12.8 Å². The van der Waals surface area contributed by atoms with Crippen LogP contribution in [0.3, 0.4) is 0 Å². The van der Waals surface area contributed by atoms with E-state index in [1.54, 1.807) is 0 Å². The first-order valence-electron chi connectivity index (χ1n) is 6.08. The van der Waals surface area contributed by atoms with Gasteiger partial charge in [-0.3, -0.25) is 4.79 Å². The normalized spacial score (nSPS) is 33.5. The number of nitrogens with one attached hydrogen (secondary N) is 1. The Morgan fingerprint density at radius 1 is 1.07 bits per heavy atom. The Bertz CT molecular complexity index is 208. The summed E-state index contributed by atoms with van der Waals surface area (Å²) in [5.41, 5.74) is 0. The topological polar surface area (TPSA) is 29.1 Å². The number of hydrogen-bond acceptors (Lipinski definition) is 1. The van der Waals surface area contributed by atoms with Gasteiger partial charge in [-0.15, -0.1) is 0 Å². The molecule has 0 aromatic rings. The maximum absolute atomic E-state index is 11.8. The van der Waals surface area contributed by atoms with Gasteiger partial charge in [-0.05, 0) is 31.6 Å². The Balaban J connectivity index is 1.81. The molecule has 2 unspecified atom stereocenters. The van der Waals surface area contributed by atoms with Gasteiger partial charge < -0.3 is 5.32 Å². The molecule has 0 aromatic heterocycles. The molecule has 2 rings (SSSR count). The molecular formula is C12H21NO. The molecule has 2 atom stereocenters. The fourth-order valence-corrected chi connectivity index (χ4v) is 2.85. The lowest BCUT2D eigenvalue weighted by molar-refractivity contribution is -0.125. The van der Waals surface area contributed by atoms with Crippen LogP contribution >= 0.6 is 0 Å². The summed E-state index contributed by atoms with van der Waals surface area (Å²) in [6, 6.07) is 0.475. The third-order valence-corrected chi connectivity index (χ3v) is 3.92. The lowest BCUT2D eigenvalue weighted by Crippen LogP contribution is -2.39. The quantitative estimate of drug-likeness (QED) is 0.720. The molecule has 2 fully saturated rings. The second-order valence-electron chi connectivity index (χ2n) is 5.00. The van der Waals surface area contributed by atoms with Crippen LogP contribution in [-0.4, -0.2) is 11.9 Å². The molecule has 2 saturated carbocycles. The van der Waals surface area contributed by atoms with E-state index in [-0.39, 0.29) is 0 Å². The molecule has 2 aliphatic carbocycles. The summed E-state index contributed by atoms with van der Waals surface area (Å²) < 4.78 is 0. The van der Waals surface area contributed by atoms with Gasteiger partial charge in [-0.25, -0.2) is 0 Å². The van der Waals surface area contributed by atoms with E-state index < -0.39 is 0 Å². The monoisotopic (exact) mass is 195 g/mol. The van der Waals surface area contributed by atoms with Gasteiger partial charge >= 0.3 is 0 Å². The summed E-state index contributed by atoms with van der Waals surface area (Å²) in [5, 5.41) is 3.23. The van der Waals surface area contributed by atoms with Crippen LogP contribution in [0.1, 0.15) is 51.9 Å². The van der Waals surface area contributed by atoms with Crippen molar-refractivity contribution >= 4 is 5.91 Å². The van der Waals surface area contributed by atoms with Crippen LogP contribution in [0.5, 0.6) is 0 Å². The highest BCUT2D eigenvalue weighted by atomic mass is 16.1. The second kappa shape index (κ2) is 4.33. The van der Waals surface area contributed by atoms with E-state index in [1.165, 1.54) is 32.1 Å². The fraction of sp³-hybridized carbons (Fsp3) is 0.917. The molecule has 14 heavy (non-hydrogen) atoms. The van der Waals surface area contributed by atoms with Crippen molar-refractivity contribution in [3.8, 4) is 0 Å². The van der Waals surface area contributed by atoms with Crippen molar-refractivity contribution in [2.75, 3.05) is 0 Å². The van der Waals surface area contributed by atoms with E-state index in [1.807, 2.05) is 0 Å². The van der Waals surface area contributed by atoms with Crippen molar-refractivity contribution in [2.24, 2.45) is 11.8 Å². The smallest absolute Gasteiger partial charge is 0.223 e. The molecule has 1 N–H and O–H groups in total. The molecule has 0 radical (unpaired) electrons. The minimum absolute atomic E-state index is 0.334. The number of carbonyl (C=O) groups excluding carboxylic acids is 1. The third-order valence-electron chi connectivity index (χ3n) is 3.92. The van der Waals surface area contributed by atoms with E-state index in [0.29, 0.717) is 23.8 Å². The van der Waals surface area contributed by atoms with Crippen molar-refractivity contribution in [1.29, 1.82) is 0 Å². The molecule has 80 valence electrons. The van der Waals surface area contributed by atoms with Crippen LogP contribution in [0.2, 0.25) is 0 Å². The summed E-state index contributed by atoms with van der Waals surface area (Å²) in [4.78, 5) is 11.8. The van der Waals surface area contributed by atoms with Gasteiger partial charge in [-0.1, -0.05) is 26.2 Å². The van der Waals surface area contributed by atoms with E-state index in [4.69, 9.17) is 0 Å². The van der Waals surface area contributed by atoms with Crippen LogP contribution in [0.25, 0.3) is 0 Å². The molecule has 0 spiro atoms. The maximum atomic E-state index is 11.8. The molecule has 0 saturated heterocycles. The predicted octanol–water partition coefficient (Wildman–Crippen LogP) is 2.48. The lowest BCUT2D eigenvalue weighted by Gasteiger charge is -2.19. The van der Waals surface area contributed by atoms with Gasteiger partial charge in [-0.2, -0.15) is 0 Å². The molecule has 2 heteroatoms. The molecule has 0 aromatic carbocycles. The van der Waals surface area contributed by atoms with Crippen molar-refractivity contribution in [2.45, 2.75) is 57.9 Å². The first-order valence-corrected chi connectivity index (χ1v) is 6.08. The number of carbonyl (C=O) groups is 1. The Kier molecular flexibility index (Phi) is 3.09. The molecular weight excluding hydrogens is 174 g/mol. The van der Waals surface area contributed by atoms with Crippen molar-refractivity contribution < 1.29 is 4.79 Å². The van der Waals surface area contributed by atoms with E-state index >= 15 is 0 Å². The van der Waals surface area contributed by atoms with Gasteiger partial charge in [0.05, 0.1) is 0 Å².